The molecule has 2 aromatic rings. The van der Waals surface area contributed by atoms with Crippen LogP contribution in [0.15, 0.2) is 46.0 Å². The quantitative estimate of drug-likeness (QED) is 0.325. The van der Waals surface area contributed by atoms with Crippen LogP contribution in [0.25, 0.3) is 0 Å². The lowest BCUT2D eigenvalue weighted by atomic mass is 10.1. The normalized spacial score (nSPS) is 10.5. The summed E-state index contributed by atoms with van der Waals surface area (Å²) in [6.07, 6.45) is 1.33. The van der Waals surface area contributed by atoms with Crippen molar-refractivity contribution >= 4 is 45.6 Å². The Labute approximate surface area is 183 Å². The molecule has 0 fully saturated rings. The van der Waals surface area contributed by atoms with E-state index in [-0.39, 0.29) is 12.5 Å². The second kappa shape index (κ2) is 11.1. The van der Waals surface area contributed by atoms with Gasteiger partial charge in [-0.1, -0.05) is 34.1 Å². The van der Waals surface area contributed by atoms with Crippen LogP contribution in [-0.4, -0.2) is 37.1 Å². The molecular weight excluding hydrogens is 452 g/mol. The van der Waals surface area contributed by atoms with Gasteiger partial charge >= 0.3 is 11.8 Å². The van der Waals surface area contributed by atoms with Crippen molar-refractivity contribution in [3.63, 3.8) is 0 Å². The van der Waals surface area contributed by atoms with E-state index in [0.717, 1.165) is 21.3 Å². The second-order valence-electron chi connectivity index (χ2n) is 6.34. The summed E-state index contributed by atoms with van der Waals surface area (Å²) < 4.78 is 6.39. The van der Waals surface area contributed by atoms with Crippen LogP contribution in [0.1, 0.15) is 23.6 Å². The van der Waals surface area contributed by atoms with E-state index in [1.165, 1.54) is 6.21 Å². The molecule has 3 amide bonds. The molecule has 0 aromatic heterocycles. The smallest absolute Gasteiger partial charge is 0.329 e. The number of likely N-dealkylation sites (N-methyl/N-ethyl adjacent to an activating group) is 1. The summed E-state index contributed by atoms with van der Waals surface area (Å²) in [4.78, 5) is 35.3. The highest BCUT2D eigenvalue weighted by molar-refractivity contribution is 9.10. The van der Waals surface area contributed by atoms with E-state index in [1.54, 1.807) is 25.1 Å². The van der Waals surface area contributed by atoms with Crippen LogP contribution in [0.4, 0.5) is 5.69 Å². The number of aryl methyl sites for hydroxylation is 2. The van der Waals surface area contributed by atoms with Crippen molar-refractivity contribution in [3.05, 3.63) is 57.6 Å². The van der Waals surface area contributed by atoms with E-state index in [9.17, 15) is 14.4 Å². The lowest BCUT2D eigenvalue weighted by molar-refractivity contribution is -0.139. The number of nitrogens with one attached hydrogen (secondary N) is 3. The summed E-state index contributed by atoms with van der Waals surface area (Å²) in [5.74, 6) is -1.56. The Morgan fingerprint density at radius 3 is 2.47 bits per heavy atom. The summed E-state index contributed by atoms with van der Waals surface area (Å²) >= 11 is 3.35. The van der Waals surface area contributed by atoms with Gasteiger partial charge in [-0.25, -0.2) is 5.43 Å². The van der Waals surface area contributed by atoms with Crippen molar-refractivity contribution in [2.75, 3.05) is 18.5 Å². The maximum absolute atomic E-state index is 12.3. The fraction of sp³-hybridized carbons (Fsp3) is 0.238. The highest BCUT2D eigenvalue weighted by Crippen LogP contribution is 2.22. The van der Waals surface area contributed by atoms with Gasteiger partial charge in [0.25, 0.3) is 5.91 Å². The minimum Gasteiger partial charge on any atom is -0.483 e. The van der Waals surface area contributed by atoms with Gasteiger partial charge in [-0.2, -0.15) is 5.10 Å². The Bertz CT molecular complexity index is 955. The van der Waals surface area contributed by atoms with Crippen LogP contribution in [0, 0.1) is 13.8 Å². The standard InChI is InChI=1S/C21H23BrN4O4/c1-4-23-20(28)21(29)26-24-11-15-10-16(22)8-9-17(15)30-12-18(27)25-19-13(2)6-5-7-14(19)3/h5-11H,4,12H2,1-3H3,(H,23,28)(H,25,27)(H,26,29)/b24-11-. The van der Waals surface area contributed by atoms with E-state index >= 15 is 0 Å². The lowest BCUT2D eigenvalue weighted by Crippen LogP contribution is -2.37. The fourth-order valence-corrected chi connectivity index (χ4v) is 2.91. The zero-order valence-corrected chi connectivity index (χ0v) is 18.5. The maximum Gasteiger partial charge on any atom is 0.329 e. The number of rotatable bonds is 7. The molecule has 158 valence electrons. The van der Waals surface area contributed by atoms with Crippen molar-refractivity contribution in [1.29, 1.82) is 0 Å². The zero-order valence-electron chi connectivity index (χ0n) is 16.9. The Balaban J connectivity index is 2.02. The predicted molar refractivity (Wildman–Crippen MR) is 119 cm³/mol. The molecule has 8 nitrogen and oxygen atoms in total. The molecule has 0 heterocycles. The summed E-state index contributed by atoms with van der Waals surface area (Å²) in [6, 6.07) is 10.9. The van der Waals surface area contributed by atoms with E-state index in [0.29, 0.717) is 17.9 Å². The van der Waals surface area contributed by atoms with Crippen LogP contribution in [-0.2, 0) is 14.4 Å². The first-order valence-electron chi connectivity index (χ1n) is 9.21. The molecule has 0 aliphatic rings. The molecule has 0 aliphatic heterocycles. The number of carbonyl (C=O) groups is 3. The molecule has 2 rings (SSSR count). The van der Waals surface area contributed by atoms with Gasteiger partial charge in [-0.3, -0.25) is 14.4 Å². The first-order chi connectivity index (χ1) is 14.3. The van der Waals surface area contributed by atoms with Crippen LogP contribution in [0.5, 0.6) is 5.75 Å². The average molecular weight is 475 g/mol. The third kappa shape index (κ3) is 6.70. The number of carbonyl (C=O) groups excluding carboxylic acids is 3. The molecule has 30 heavy (non-hydrogen) atoms. The van der Waals surface area contributed by atoms with Gasteiger partial charge in [0.2, 0.25) is 0 Å². The third-order valence-corrected chi connectivity index (χ3v) is 4.48. The number of hydrazone groups is 1. The molecular formula is C21H23BrN4O4. The number of hydrogen-bond donors (Lipinski definition) is 3. The Kier molecular flexibility index (Phi) is 8.54. The first-order valence-corrected chi connectivity index (χ1v) is 10.0. The molecule has 0 unspecified atom stereocenters. The van der Waals surface area contributed by atoms with Crippen LogP contribution < -0.4 is 20.8 Å². The van der Waals surface area contributed by atoms with Crippen LogP contribution >= 0.6 is 15.9 Å². The van der Waals surface area contributed by atoms with Gasteiger partial charge in [0, 0.05) is 22.3 Å². The minimum absolute atomic E-state index is 0.207. The molecule has 0 atom stereocenters. The van der Waals surface area contributed by atoms with E-state index in [1.807, 2.05) is 32.0 Å². The minimum atomic E-state index is -0.876. The number of nitrogens with zero attached hydrogens (tertiary/aromatic N) is 1. The van der Waals surface area contributed by atoms with Gasteiger partial charge in [0.15, 0.2) is 6.61 Å². The molecule has 0 aliphatic carbocycles. The third-order valence-electron chi connectivity index (χ3n) is 3.99. The van der Waals surface area contributed by atoms with Gasteiger partial charge in [-0.15, -0.1) is 0 Å². The summed E-state index contributed by atoms with van der Waals surface area (Å²) in [5.41, 5.74) is 5.34. The summed E-state index contributed by atoms with van der Waals surface area (Å²) in [6.45, 7) is 5.67. The monoisotopic (exact) mass is 474 g/mol. The molecule has 9 heteroatoms. The van der Waals surface area contributed by atoms with E-state index in [4.69, 9.17) is 4.74 Å². The number of anilines is 1. The molecule has 0 saturated heterocycles. The highest BCUT2D eigenvalue weighted by atomic mass is 79.9. The van der Waals surface area contributed by atoms with Crippen molar-refractivity contribution < 1.29 is 19.1 Å². The number of para-hydroxylation sites is 1. The Morgan fingerprint density at radius 2 is 1.80 bits per heavy atom. The molecule has 0 bridgehead atoms. The van der Waals surface area contributed by atoms with Crippen LogP contribution in [0.3, 0.4) is 0 Å². The van der Waals surface area contributed by atoms with Gasteiger partial charge in [-0.05, 0) is 50.1 Å². The van der Waals surface area contributed by atoms with E-state index < -0.39 is 11.8 Å². The van der Waals surface area contributed by atoms with E-state index in [2.05, 4.69) is 37.1 Å². The fourth-order valence-electron chi connectivity index (χ4n) is 2.53. The molecule has 3 N–H and O–H groups in total. The highest BCUT2D eigenvalue weighted by Gasteiger charge is 2.12. The van der Waals surface area contributed by atoms with Gasteiger partial charge in [0.05, 0.1) is 6.21 Å². The molecule has 0 spiro atoms. The molecule has 0 saturated carbocycles. The summed E-state index contributed by atoms with van der Waals surface area (Å²) in [7, 11) is 0. The second-order valence-corrected chi connectivity index (χ2v) is 7.26. The van der Waals surface area contributed by atoms with Crippen molar-refractivity contribution in [1.82, 2.24) is 10.7 Å². The Morgan fingerprint density at radius 1 is 1.10 bits per heavy atom. The first kappa shape index (κ1) is 23.1. The number of benzene rings is 2. The molecule has 2 aromatic carbocycles. The predicted octanol–water partition coefficient (Wildman–Crippen LogP) is 2.67. The maximum atomic E-state index is 12.3. The largest absolute Gasteiger partial charge is 0.483 e. The number of amides is 3. The Hall–Kier alpha value is -3.20. The van der Waals surface area contributed by atoms with Crippen molar-refractivity contribution in [3.8, 4) is 5.75 Å². The number of ether oxygens (including phenoxy) is 1. The summed E-state index contributed by atoms with van der Waals surface area (Å²) in [5, 5.41) is 9.01. The zero-order chi connectivity index (χ0) is 22.1. The lowest BCUT2D eigenvalue weighted by Gasteiger charge is -2.13. The SMILES string of the molecule is CCNC(=O)C(=O)N/N=C\c1cc(Br)ccc1OCC(=O)Nc1c(C)cccc1C. The average Bonchev–Trinajstić information content (AvgIpc) is 2.70. The number of halogens is 1. The van der Waals surface area contributed by atoms with Crippen LogP contribution in [0.2, 0.25) is 0 Å². The molecule has 0 radical (unpaired) electrons. The van der Waals surface area contributed by atoms with Crippen molar-refractivity contribution in [2.24, 2.45) is 5.10 Å². The van der Waals surface area contributed by atoms with Gasteiger partial charge < -0.3 is 15.4 Å². The number of hydrogen-bond acceptors (Lipinski definition) is 5. The van der Waals surface area contributed by atoms with Gasteiger partial charge in [0.1, 0.15) is 5.75 Å². The van der Waals surface area contributed by atoms with Crippen molar-refractivity contribution in [2.45, 2.75) is 20.8 Å². The topological polar surface area (TPSA) is 109 Å².